The molecule has 58 valence electrons. The van der Waals surface area contributed by atoms with Crippen molar-refractivity contribution in [2.45, 2.75) is 0 Å². The maximum Gasteiger partial charge on any atom is 0.128 e. The molecule has 0 aliphatic rings. The summed E-state index contributed by atoms with van der Waals surface area (Å²) in [6, 6.07) is 8.62. The molecule has 0 radical (unpaired) electrons. The molecule has 0 saturated carbocycles. The predicted octanol–water partition coefficient (Wildman–Crippen LogP) is 1.99. The Morgan fingerprint density at radius 1 is 1.36 bits per heavy atom. The Kier molecular flexibility index (Phi) is 2.81. The second-order valence-electron chi connectivity index (χ2n) is 2.10. The van der Waals surface area contributed by atoms with Crippen molar-refractivity contribution >= 4 is 5.83 Å². The first-order valence-corrected chi connectivity index (χ1v) is 3.36. The van der Waals surface area contributed by atoms with Gasteiger partial charge in [-0.3, -0.25) is 0 Å². The van der Waals surface area contributed by atoms with Crippen molar-refractivity contribution in [3.63, 3.8) is 0 Å². The molecule has 0 heterocycles. The topological polar surface area (TPSA) is 20.2 Å². The second kappa shape index (κ2) is 3.88. The fourth-order valence-electron chi connectivity index (χ4n) is 0.795. The Morgan fingerprint density at radius 3 is 2.55 bits per heavy atom. The summed E-state index contributed by atoms with van der Waals surface area (Å²) in [6.07, 6.45) is 1.13. The maximum absolute atomic E-state index is 12.8. The average molecular weight is 152 g/mol. The molecule has 11 heavy (non-hydrogen) atoms. The van der Waals surface area contributed by atoms with Gasteiger partial charge in [-0.1, -0.05) is 30.3 Å². The van der Waals surface area contributed by atoms with Crippen molar-refractivity contribution in [2.24, 2.45) is 0 Å². The van der Waals surface area contributed by atoms with Crippen LogP contribution in [0.5, 0.6) is 0 Å². The van der Waals surface area contributed by atoms with E-state index in [-0.39, 0.29) is 12.4 Å². The third-order valence-corrected chi connectivity index (χ3v) is 1.32. The van der Waals surface area contributed by atoms with E-state index in [9.17, 15) is 4.39 Å². The molecule has 0 unspecified atom stereocenters. The molecular weight excluding hydrogens is 143 g/mol. The van der Waals surface area contributed by atoms with Gasteiger partial charge in [0, 0.05) is 5.56 Å². The predicted molar refractivity (Wildman–Crippen MR) is 42.6 cm³/mol. The molecule has 0 saturated heterocycles. The summed E-state index contributed by atoms with van der Waals surface area (Å²) in [6.45, 7) is -0.263. The minimum Gasteiger partial charge on any atom is -0.392 e. The summed E-state index contributed by atoms with van der Waals surface area (Å²) in [4.78, 5) is 0. The Morgan fingerprint density at radius 2 is 2.00 bits per heavy atom. The quantitative estimate of drug-likeness (QED) is 0.687. The first-order valence-electron chi connectivity index (χ1n) is 3.36. The van der Waals surface area contributed by atoms with E-state index >= 15 is 0 Å². The normalized spacial score (nSPS) is 11.6. The van der Waals surface area contributed by atoms with Crippen LogP contribution in [0.25, 0.3) is 5.83 Å². The first kappa shape index (κ1) is 7.95. The minimum absolute atomic E-state index is 0.263. The lowest BCUT2D eigenvalue weighted by atomic mass is 10.2. The number of hydrogen-bond acceptors (Lipinski definition) is 1. The van der Waals surface area contributed by atoms with Gasteiger partial charge >= 0.3 is 0 Å². The summed E-state index contributed by atoms with van der Waals surface area (Å²) in [5.41, 5.74) is 0.501. The first-order chi connectivity index (χ1) is 5.34. The van der Waals surface area contributed by atoms with Crippen molar-refractivity contribution in [1.82, 2.24) is 0 Å². The number of aliphatic hydroxyl groups is 1. The van der Waals surface area contributed by atoms with Crippen LogP contribution in [-0.4, -0.2) is 11.7 Å². The highest BCUT2D eigenvalue weighted by molar-refractivity contribution is 5.58. The van der Waals surface area contributed by atoms with E-state index in [1.165, 1.54) is 0 Å². The smallest absolute Gasteiger partial charge is 0.128 e. The summed E-state index contributed by atoms with van der Waals surface area (Å²) in [7, 11) is 0. The molecule has 0 aliphatic carbocycles. The SMILES string of the molecule is OCC=C(F)c1ccccc1. The van der Waals surface area contributed by atoms with E-state index in [0.717, 1.165) is 6.08 Å². The minimum atomic E-state index is -0.381. The third-order valence-electron chi connectivity index (χ3n) is 1.32. The molecule has 1 N–H and O–H groups in total. The van der Waals surface area contributed by atoms with Gasteiger partial charge < -0.3 is 5.11 Å². The van der Waals surface area contributed by atoms with Crippen LogP contribution in [0.1, 0.15) is 5.56 Å². The van der Waals surface area contributed by atoms with Crippen LogP contribution >= 0.6 is 0 Å². The summed E-state index contributed by atoms with van der Waals surface area (Å²) in [5, 5.41) is 8.38. The van der Waals surface area contributed by atoms with Gasteiger partial charge in [0.1, 0.15) is 5.83 Å². The fraction of sp³-hybridized carbons (Fsp3) is 0.111. The fourth-order valence-corrected chi connectivity index (χ4v) is 0.795. The van der Waals surface area contributed by atoms with E-state index in [4.69, 9.17) is 5.11 Å². The number of aliphatic hydroxyl groups excluding tert-OH is 1. The van der Waals surface area contributed by atoms with Gasteiger partial charge in [0.15, 0.2) is 0 Å². The van der Waals surface area contributed by atoms with Crippen molar-refractivity contribution in [1.29, 1.82) is 0 Å². The molecule has 1 rings (SSSR count). The van der Waals surface area contributed by atoms with Crippen LogP contribution in [-0.2, 0) is 0 Å². The molecule has 1 aromatic carbocycles. The van der Waals surface area contributed by atoms with Gasteiger partial charge in [0.25, 0.3) is 0 Å². The van der Waals surface area contributed by atoms with E-state index in [2.05, 4.69) is 0 Å². The van der Waals surface area contributed by atoms with Crippen molar-refractivity contribution in [3.8, 4) is 0 Å². The zero-order chi connectivity index (χ0) is 8.10. The molecule has 0 amide bonds. The van der Waals surface area contributed by atoms with E-state index in [1.54, 1.807) is 24.3 Å². The van der Waals surface area contributed by atoms with E-state index in [1.807, 2.05) is 6.07 Å². The van der Waals surface area contributed by atoms with Crippen LogP contribution < -0.4 is 0 Å². The van der Waals surface area contributed by atoms with E-state index < -0.39 is 0 Å². The molecule has 0 fully saturated rings. The lowest BCUT2D eigenvalue weighted by Crippen LogP contribution is -1.79. The Bertz CT molecular complexity index is 241. The molecule has 2 heteroatoms. The zero-order valence-electron chi connectivity index (χ0n) is 6.00. The Hall–Kier alpha value is -1.15. The maximum atomic E-state index is 12.8. The molecule has 1 nitrogen and oxygen atoms in total. The third kappa shape index (κ3) is 2.16. The van der Waals surface area contributed by atoms with Crippen LogP contribution in [0.4, 0.5) is 4.39 Å². The number of rotatable bonds is 2. The lowest BCUT2D eigenvalue weighted by Gasteiger charge is -1.94. The van der Waals surface area contributed by atoms with Gasteiger partial charge in [0.2, 0.25) is 0 Å². The lowest BCUT2D eigenvalue weighted by molar-refractivity contribution is 0.342. The number of benzene rings is 1. The average Bonchev–Trinajstić information content (AvgIpc) is 2.07. The summed E-state index contributed by atoms with van der Waals surface area (Å²) in [5.74, 6) is -0.381. The summed E-state index contributed by atoms with van der Waals surface area (Å²) >= 11 is 0. The van der Waals surface area contributed by atoms with Crippen molar-refractivity contribution < 1.29 is 9.50 Å². The van der Waals surface area contributed by atoms with Crippen molar-refractivity contribution in [2.75, 3.05) is 6.61 Å². The highest BCUT2D eigenvalue weighted by atomic mass is 19.1. The molecule has 0 atom stereocenters. The van der Waals surface area contributed by atoms with Crippen LogP contribution in [0.15, 0.2) is 36.4 Å². The molecule has 0 bridgehead atoms. The Balaban J connectivity index is 2.85. The monoisotopic (exact) mass is 152 g/mol. The second-order valence-corrected chi connectivity index (χ2v) is 2.10. The van der Waals surface area contributed by atoms with Crippen LogP contribution in [0, 0.1) is 0 Å². The zero-order valence-corrected chi connectivity index (χ0v) is 6.00. The molecular formula is C9H9FO. The Labute approximate surface area is 64.8 Å². The van der Waals surface area contributed by atoms with Crippen LogP contribution in [0.2, 0.25) is 0 Å². The van der Waals surface area contributed by atoms with Gasteiger partial charge in [-0.25, -0.2) is 4.39 Å². The highest BCUT2D eigenvalue weighted by Gasteiger charge is 1.95. The van der Waals surface area contributed by atoms with Gasteiger partial charge in [-0.05, 0) is 6.08 Å². The van der Waals surface area contributed by atoms with E-state index in [0.29, 0.717) is 5.56 Å². The number of halogens is 1. The largest absolute Gasteiger partial charge is 0.392 e. The summed E-state index contributed by atoms with van der Waals surface area (Å²) < 4.78 is 12.8. The van der Waals surface area contributed by atoms with Crippen LogP contribution in [0.3, 0.4) is 0 Å². The van der Waals surface area contributed by atoms with Crippen molar-refractivity contribution in [3.05, 3.63) is 42.0 Å². The van der Waals surface area contributed by atoms with Gasteiger partial charge in [-0.15, -0.1) is 0 Å². The van der Waals surface area contributed by atoms with Gasteiger partial charge in [0.05, 0.1) is 6.61 Å². The molecule has 0 aliphatic heterocycles. The van der Waals surface area contributed by atoms with Gasteiger partial charge in [-0.2, -0.15) is 0 Å². The molecule has 1 aromatic rings. The standard InChI is InChI=1S/C9H9FO/c10-9(6-7-11)8-4-2-1-3-5-8/h1-6,11H,7H2. The molecule has 0 aromatic heterocycles. The highest BCUT2D eigenvalue weighted by Crippen LogP contribution is 2.13. The number of hydrogen-bond donors (Lipinski definition) is 1. The molecule has 0 spiro atoms.